The number of likely N-dealkylation sites (tertiary alicyclic amines) is 1. The Morgan fingerprint density at radius 2 is 2.12 bits per heavy atom. The molecule has 1 saturated heterocycles. The summed E-state index contributed by atoms with van der Waals surface area (Å²) in [6.45, 7) is 4.61. The van der Waals surface area contributed by atoms with Crippen molar-refractivity contribution in [3.63, 3.8) is 0 Å². The van der Waals surface area contributed by atoms with Crippen LogP contribution < -0.4 is 4.74 Å². The first-order valence-electron chi connectivity index (χ1n) is 9.21. The van der Waals surface area contributed by atoms with Crippen LogP contribution in [0.5, 0.6) is 5.75 Å². The molecule has 1 aromatic carbocycles. The number of carbonyl (C=O) groups excluding carboxylic acids is 1. The van der Waals surface area contributed by atoms with Gasteiger partial charge in [-0.1, -0.05) is 6.07 Å². The molecule has 3 rings (SSSR count). The number of piperidine rings is 1. The number of esters is 1. The van der Waals surface area contributed by atoms with E-state index in [2.05, 4.69) is 9.88 Å². The third kappa shape index (κ3) is 4.71. The topological polar surface area (TPSA) is 71.9 Å². The zero-order valence-corrected chi connectivity index (χ0v) is 15.1. The average Bonchev–Trinajstić information content (AvgIpc) is 2.67. The molecule has 1 atom stereocenters. The van der Waals surface area contributed by atoms with E-state index in [1.54, 1.807) is 6.20 Å². The Hall–Kier alpha value is -2.18. The van der Waals surface area contributed by atoms with Crippen LogP contribution in [0.1, 0.15) is 19.8 Å². The number of hydrogen-bond acceptors (Lipinski definition) is 6. The highest BCUT2D eigenvalue weighted by Crippen LogP contribution is 2.24. The highest BCUT2D eigenvalue weighted by molar-refractivity contribution is 5.84. The lowest BCUT2D eigenvalue weighted by atomic mass is 9.97. The summed E-state index contributed by atoms with van der Waals surface area (Å²) in [6, 6.07) is 9.56. The standard InChI is InChI=1S/C20H26N2O4/c1-2-25-20(24)15-8-11-22(12-9-15)13-16(23)14-26-19-7-3-6-18-17(19)5-4-10-21-18/h3-7,10,15-16,23H,2,8-9,11-14H2,1H3. The quantitative estimate of drug-likeness (QED) is 0.766. The number of β-amino-alcohol motifs (C(OH)–C–C–N with tert-alkyl or cyclic N) is 1. The van der Waals surface area contributed by atoms with Gasteiger partial charge in [0.25, 0.3) is 0 Å². The zero-order chi connectivity index (χ0) is 18.4. The molecule has 0 amide bonds. The number of nitrogens with zero attached hydrogens (tertiary/aromatic N) is 2. The Bertz CT molecular complexity index is 723. The van der Waals surface area contributed by atoms with Crippen molar-refractivity contribution in [2.75, 3.05) is 32.8 Å². The van der Waals surface area contributed by atoms with Gasteiger partial charge in [0.2, 0.25) is 0 Å². The fraction of sp³-hybridized carbons (Fsp3) is 0.500. The van der Waals surface area contributed by atoms with Crippen molar-refractivity contribution in [2.45, 2.75) is 25.9 Å². The second-order valence-electron chi connectivity index (χ2n) is 6.62. The molecule has 0 saturated carbocycles. The molecule has 0 radical (unpaired) electrons. The Morgan fingerprint density at radius 1 is 1.31 bits per heavy atom. The van der Waals surface area contributed by atoms with E-state index in [-0.39, 0.29) is 18.5 Å². The maximum Gasteiger partial charge on any atom is 0.309 e. The minimum atomic E-state index is -0.582. The maximum absolute atomic E-state index is 11.8. The van der Waals surface area contributed by atoms with Crippen molar-refractivity contribution >= 4 is 16.9 Å². The number of hydrogen-bond donors (Lipinski definition) is 1. The van der Waals surface area contributed by atoms with Gasteiger partial charge >= 0.3 is 5.97 Å². The lowest BCUT2D eigenvalue weighted by Crippen LogP contribution is -2.42. The van der Waals surface area contributed by atoms with E-state index < -0.39 is 6.10 Å². The number of aliphatic hydroxyl groups excluding tert-OH is 1. The molecule has 0 spiro atoms. The molecule has 26 heavy (non-hydrogen) atoms. The van der Waals surface area contributed by atoms with Crippen LogP contribution >= 0.6 is 0 Å². The summed E-state index contributed by atoms with van der Waals surface area (Å²) in [7, 11) is 0. The van der Waals surface area contributed by atoms with E-state index in [0.29, 0.717) is 13.2 Å². The first kappa shape index (κ1) is 18.6. The molecule has 1 aliphatic heterocycles. The van der Waals surface area contributed by atoms with Crippen molar-refractivity contribution in [1.82, 2.24) is 9.88 Å². The second-order valence-corrected chi connectivity index (χ2v) is 6.62. The predicted molar refractivity (Wildman–Crippen MR) is 99.0 cm³/mol. The molecule has 0 aliphatic carbocycles. The number of benzene rings is 1. The van der Waals surface area contributed by atoms with Crippen LogP contribution in [0.3, 0.4) is 0 Å². The van der Waals surface area contributed by atoms with Crippen LogP contribution in [0.25, 0.3) is 10.9 Å². The summed E-state index contributed by atoms with van der Waals surface area (Å²) in [4.78, 5) is 18.3. The molecule has 2 aromatic rings. The molecule has 1 aromatic heterocycles. The minimum Gasteiger partial charge on any atom is -0.490 e. The van der Waals surface area contributed by atoms with Gasteiger partial charge in [0.1, 0.15) is 18.5 Å². The van der Waals surface area contributed by atoms with E-state index in [4.69, 9.17) is 9.47 Å². The number of ether oxygens (including phenoxy) is 2. The Labute approximate surface area is 153 Å². The Morgan fingerprint density at radius 3 is 2.88 bits per heavy atom. The first-order valence-corrected chi connectivity index (χ1v) is 9.21. The van der Waals surface area contributed by atoms with Crippen LogP contribution in [0, 0.1) is 5.92 Å². The van der Waals surface area contributed by atoms with Gasteiger partial charge in [-0.2, -0.15) is 0 Å². The maximum atomic E-state index is 11.8. The minimum absolute atomic E-state index is 0.0113. The van der Waals surface area contributed by atoms with Crippen molar-refractivity contribution < 1.29 is 19.4 Å². The van der Waals surface area contributed by atoms with Crippen molar-refractivity contribution in [3.8, 4) is 5.75 Å². The summed E-state index contributed by atoms with van der Waals surface area (Å²) in [6.07, 6.45) is 2.73. The van der Waals surface area contributed by atoms with E-state index in [1.165, 1.54) is 0 Å². The molecule has 140 valence electrons. The zero-order valence-electron chi connectivity index (χ0n) is 15.1. The number of fused-ring (bicyclic) bond motifs is 1. The molecular weight excluding hydrogens is 332 g/mol. The van der Waals surface area contributed by atoms with Gasteiger partial charge in [0.05, 0.1) is 18.0 Å². The summed E-state index contributed by atoms with van der Waals surface area (Å²) in [5.41, 5.74) is 0.875. The molecule has 6 heteroatoms. The van der Waals surface area contributed by atoms with E-state index >= 15 is 0 Å². The van der Waals surface area contributed by atoms with Crippen LogP contribution in [-0.2, 0) is 9.53 Å². The fourth-order valence-corrected chi connectivity index (χ4v) is 3.35. The third-order valence-corrected chi connectivity index (χ3v) is 4.71. The van der Waals surface area contributed by atoms with Gasteiger partial charge in [-0.15, -0.1) is 0 Å². The van der Waals surface area contributed by atoms with Gasteiger partial charge in [-0.05, 0) is 57.1 Å². The summed E-state index contributed by atoms with van der Waals surface area (Å²) < 4.78 is 10.9. The molecule has 1 fully saturated rings. The van der Waals surface area contributed by atoms with Gasteiger partial charge in [0.15, 0.2) is 0 Å². The molecule has 1 N–H and O–H groups in total. The van der Waals surface area contributed by atoms with Crippen molar-refractivity contribution in [2.24, 2.45) is 5.92 Å². The van der Waals surface area contributed by atoms with E-state index in [9.17, 15) is 9.90 Å². The first-order chi connectivity index (χ1) is 12.7. The molecule has 2 heterocycles. The third-order valence-electron chi connectivity index (χ3n) is 4.71. The highest BCUT2D eigenvalue weighted by atomic mass is 16.5. The highest BCUT2D eigenvalue weighted by Gasteiger charge is 2.26. The molecule has 1 aliphatic rings. The van der Waals surface area contributed by atoms with Crippen molar-refractivity contribution in [3.05, 3.63) is 36.5 Å². The normalized spacial score (nSPS) is 17.2. The summed E-state index contributed by atoms with van der Waals surface area (Å²) >= 11 is 0. The number of aromatic nitrogens is 1. The van der Waals surface area contributed by atoms with E-state index in [0.717, 1.165) is 42.6 Å². The van der Waals surface area contributed by atoms with Gasteiger partial charge in [-0.3, -0.25) is 9.78 Å². The van der Waals surface area contributed by atoms with E-state index in [1.807, 2.05) is 37.3 Å². The van der Waals surface area contributed by atoms with Crippen LogP contribution in [-0.4, -0.2) is 59.9 Å². The average molecular weight is 358 g/mol. The fourth-order valence-electron chi connectivity index (χ4n) is 3.35. The lowest BCUT2D eigenvalue weighted by molar-refractivity contribution is -0.149. The summed E-state index contributed by atoms with van der Waals surface area (Å²) in [5, 5.41) is 11.3. The van der Waals surface area contributed by atoms with Crippen LogP contribution in [0.15, 0.2) is 36.5 Å². The molecule has 0 bridgehead atoms. The predicted octanol–water partition coefficient (Wildman–Crippen LogP) is 2.25. The van der Waals surface area contributed by atoms with Crippen LogP contribution in [0.2, 0.25) is 0 Å². The largest absolute Gasteiger partial charge is 0.490 e. The Balaban J connectivity index is 1.46. The SMILES string of the molecule is CCOC(=O)C1CCN(CC(O)COc2cccc3ncccc23)CC1. The number of pyridine rings is 1. The molecule has 1 unspecified atom stereocenters. The summed E-state index contributed by atoms with van der Waals surface area (Å²) in [5.74, 6) is 0.624. The van der Waals surface area contributed by atoms with Gasteiger partial charge in [0, 0.05) is 18.1 Å². The molecule has 6 nitrogen and oxygen atoms in total. The monoisotopic (exact) mass is 358 g/mol. The van der Waals surface area contributed by atoms with Gasteiger partial charge < -0.3 is 19.5 Å². The number of carbonyl (C=O) groups is 1. The molecular formula is C20H26N2O4. The lowest BCUT2D eigenvalue weighted by Gasteiger charge is -2.32. The number of aliphatic hydroxyl groups is 1. The van der Waals surface area contributed by atoms with Crippen molar-refractivity contribution in [1.29, 1.82) is 0 Å². The smallest absolute Gasteiger partial charge is 0.309 e. The number of rotatable bonds is 7. The van der Waals surface area contributed by atoms with Gasteiger partial charge in [-0.25, -0.2) is 0 Å². The Kier molecular flexibility index (Phi) is 6.41. The van der Waals surface area contributed by atoms with Crippen LogP contribution in [0.4, 0.5) is 0 Å². The second kappa shape index (κ2) is 8.96.